The first-order chi connectivity index (χ1) is 13.7. The molecule has 0 fully saturated rings. The SMILES string of the molecule is CCOc1ccccc1-n1nnnc1SCc1ncc(-c2ccc(Cl)cc2)o1. The zero-order valence-corrected chi connectivity index (χ0v) is 16.5. The van der Waals surface area contributed by atoms with Gasteiger partial charge < -0.3 is 9.15 Å². The zero-order chi connectivity index (χ0) is 19.3. The van der Waals surface area contributed by atoms with Gasteiger partial charge in [0.1, 0.15) is 11.4 Å². The number of tetrazole rings is 1. The van der Waals surface area contributed by atoms with Crippen LogP contribution in [0, 0.1) is 0 Å². The van der Waals surface area contributed by atoms with Crippen LogP contribution < -0.4 is 4.74 Å². The Morgan fingerprint density at radius 3 is 2.79 bits per heavy atom. The van der Waals surface area contributed by atoms with Crippen LogP contribution in [0.3, 0.4) is 0 Å². The number of rotatable bonds is 7. The minimum absolute atomic E-state index is 0.491. The van der Waals surface area contributed by atoms with E-state index in [9.17, 15) is 0 Å². The largest absolute Gasteiger partial charge is 0.492 e. The van der Waals surface area contributed by atoms with E-state index < -0.39 is 0 Å². The van der Waals surface area contributed by atoms with Gasteiger partial charge in [-0.05, 0) is 53.7 Å². The Morgan fingerprint density at radius 1 is 1.14 bits per heavy atom. The van der Waals surface area contributed by atoms with Crippen molar-refractivity contribution < 1.29 is 9.15 Å². The molecule has 0 N–H and O–H groups in total. The van der Waals surface area contributed by atoms with Crippen molar-refractivity contribution in [1.29, 1.82) is 0 Å². The molecule has 0 saturated heterocycles. The standard InChI is InChI=1S/C19H16ClN5O2S/c1-2-26-16-6-4-3-5-15(16)25-19(22-23-24-25)28-12-18-21-11-17(27-18)13-7-9-14(20)10-8-13/h3-11H,2,12H2,1H3. The minimum atomic E-state index is 0.491. The topological polar surface area (TPSA) is 78.9 Å². The molecular formula is C19H16ClN5O2S. The summed E-state index contributed by atoms with van der Waals surface area (Å²) in [5, 5.41) is 13.3. The van der Waals surface area contributed by atoms with Gasteiger partial charge in [0.25, 0.3) is 0 Å². The number of nitrogens with zero attached hydrogens (tertiary/aromatic N) is 5. The van der Waals surface area contributed by atoms with E-state index in [4.69, 9.17) is 20.8 Å². The molecule has 4 rings (SSSR count). The van der Waals surface area contributed by atoms with E-state index in [1.54, 1.807) is 10.9 Å². The van der Waals surface area contributed by atoms with E-state index in [1.165, 1.54) is 11.8 Å². The molecule has 2 heterocycles. The Labute approximate surface area is 170 Å². The Hall–Kier alpha value is -2.84. The third-order valence-electron chi connectivity index (χ3n) is 3.84. The lowest BCUT2D eigenvalue weighted by Gasteiger charge is -2.10. The molecule has 0 bridgehead atoms. The fourth-order valence-electron chi connectivity index (χ4n) is 2.58. The van der Waals surface area contributed by atoms with Gasteiger partial charge in [0.15, 0.2) is 5.76 Å². The van der Waals surface area contributed by atoms with E-state index in [0.717, 1.165) is 17.0 Å². The molecule has 0 radical (unpaired) electrons. The number of halogens is 1. The first-order valence-electron chi connectivity index (χ1n) is 8.58. The zero-order valence-electron chi connectivity index (χ0n) is 14.9. The number of hydrogen-bond donors (Lipinski definition) is 0. The molecule has 9 heteroatoms. The Kier molecular flexibility index (Phi) is 5.59. The highest BCUT2D eigenvalue weighted by Crippen LogP contribution is 2.29. The van der Waals surface area contributed by atoms with Crippen LogP contribution in [0.4, 0.5) is 0 Å². The normalized spacial score (nSPS) is 10.9. The van der Waals surface area contributed by atoms with Crippen LogP contribution in [0.2, 0.25) is 5.02 Å². The first-order valence-corrected chi connectivity index (χ1v) is 9.95. The quantitative estimate of drug-likeness (QED) is 0.407. The van der Waals surface area contributed by atoms with Gasteiger partial charge in [-0.15, -0.1) is 5.10 Å². The van der Waals surface area contributed by atoms with Crippen LogP contribution >= 0.6 is 23.4 Å². The smallest absolute Gasteiger partial charge is 0.214 e. The van der Waals surface area contributed by atoms with Gasteiger partial charge in [-0.3, -0.25) is 0 Å². The molecule has 2 aromatic carbocycles. The van der Waals surface area contributed by atoms with Crippen molar-refractivity contribution >= 4 is 23.4 Å². The average molecular weight is 414 g/mol. The van der Waals surface area contributed by atoms with Crippen LogP contribution in [0.25, 0.3) is 17.0 Å². The predicted molar refractivity (Wildman–Crippen MR) is 107 cm³/mol. The lowest BCUT2D eigenvalue weighted by Crippen LogP contribution is -2.03. The average Bonchev–Trinajstić information content (AvgIpc) is 3.37. The van der Waals surface area contributed by atoms with Crippen molar-refractivity contribution in [3.8, 4) is 22.8 Å². The Balaban J connectivity index is 1.50. The molecule has 0 aliphatic heterocycles. The van der Waals surface area contributed by atoms with Crippen molar-refractivity contribution in [2.45, 2.75) is 17.8 Å². The van der Waals surface area contributed by atoms with Gasteiger partial charge in [0.05, 0.1) is 18.6 Å². The van der Waals surface area contributed by atoms with Gasteiger partial charge >= 0.3 is 0 Å². The Bertz CT molecular complexity index is 1060. The summed E-state index contributed by atoms with van der Waals surface area (Å²) in [5.74, 6) is 2.49. The number of oxazole rings is 1. The van der Waals surface area contributed by atoms with E-state index in [0.29, 0.717) is 34.2 Å². The molecule has 0 saturated carbocycles. The molecule has 0 spiro atoms. The summed E-state index contributed by atoms with van der Waals surface area (Å²) < 4.78 is 13.2. The van der Waals surface area contributed by atoms with E-state index in [1.807, 2.05) is 55.5 Å². The molecule has 4 aromatic rings. The number of benzene rings is 2. The van der Waals surface area contributed by atoms with Crippen molar-refractivity contribution in [2.24, 2.45) is 0 Å². The fourth-order valence-corrected chi connectivity index (χ4v) is 3.44. The molecule has 142 valence electrons. The van der Waals surface area contributed by atoms with Crippen LogP contribution in [-0.2, 0) is 5.75 Å². The summed E-state index contributed by atoms with van der Waals surface area (Å²) in [5.41, 5.74) is 1.70. The van der Waals surface area contributed by atoms with E-state index in [-0.39, 0.29) is 0 Å². The molecule has 7 nitrogen and oxygen atoms in total. The highest BCUT2D eigenvalue weighted by atomic mass is 35.5. The highest BCUT2D eigenvalue weighted by Gasteiger charge is 2.15. The van der Waals surface area contributed by atoms with Gasteiger partial charge in [-0.2, -0.15) is 4.68 Å². The highest BCUT2D eigenvalue weighted by molar-refractivity contribution is 7.98. The fraction of sp³-hybridized carbons (Fsp3) is 0.158. The van der Waals surface area contributed by atoms with Crippen molar-refractivity contribution in [3.63, 3.8) is 0 Å². The van der Waals surface area contributed by atoms with Gasteiger partial charge in [0, 0.05) is 10.6 Å². The second-order valence-electron chi connectivity index (χ2n) is 5.69. The van der Waals surface area contributed by atoms with Gasteiger partial charge in [-0.25, -0.2) is 4.98 Å². The lowest BCUT2D eigenvalue weighted by atomic mass is 10.2. The summed E-state index contributed by atoms with van der Waals surface area (Å²) in [6.45, 7) is 2.50. The van der Waals surface area contributed by atoms with Crippen molar-refractivity contribution in [3.05, 3.63) is 65.6 Å². The third-order valence-corrected chi connectivity index (χ3v) is 5.00. The second-order valence-corrected chi connectivity index (χ2v) is 7.07. The monoisotopic (exact) mass is 413 g/mol. The Morgan fingerprint density at radius 2 is 1.96 bits per heavy atom. The predicted octanol–water partition coefficient (Wildman–Crippen LogP) is 4.66. The minimum Gasteiger partial charge on any atom is -0.492 e. The summed E-state index contributed by atoms with van der Waals surface area (Å²) in [6, 6.07) is 15.1. The first kappa shape index (κ1) is 18.5. The number of ether oxygens (including phenoxy) is 1. The van der Waals surface area contributed by atoms with Crippen LogP contribution in [-0.4, -0.2) is 31.8 Å². The molecule has 0 amide bonds. The number of para-hydroxylation sites is 2. The van der Waals surface area contributed by atoms with Crippen molar-refractivity contribution in [1.82, 2.24) is 25.2 Å². The molecular weight excluding hydrogens is 398 g/mol. The maximum Gasteiger partial charge on any atom is 0.214 e. The van der Waals surface area contributed by atoms with E-state index >= 15 is 0 Å². The van der Waals surface area contributed by atoms with Crippen molar-refractivity contribution in [2.75, 3.05) is 6.61 Å². The number of aromatic nitrogens is 5. The van der Waals surface area contributed by atoms with Gasteiger partial charge in [0.2, 0.25) is 11.0 Å². The maximum absolute atomic E-state index is 5.93. The molecule has 0 atom stereocenters. The van der Waals surface area contributed by atoms with Gasteiger partial charge in [-0.1, -0.05) is 35.5 Å². The molecule has 2 aromatic heterocycles. The number of hydrogen-bond acceptors (Lipinski definition) is 7. The molecule has 0 unspecified atom stereocenters. The lowest BCUT2D eigenvalue weighted by molar-refractivity contribution is 0.337. The third kappa shape index (κ3) is 4.02. The summed E-state index contributed by atoms with van der Waals surface area (Å²) in [7, 11) is 0. The van der Waals surface area contributed by atoms with Crippen LogP contribution in [0.5, 0.6) is 5.75 Å². The molecule has 28 heavy (non-hydrogen) atoms. The summed E-state index contributed by atoms with van der Waals surface area (Å²) in [4.78, 5) is 4.34. The summed E-state index contributed by atoms with van der Waals surface area (Å²) in [6.07, 6.45) is 1.70. The van der Waals surface area contributed by atoms with E-state index in [2.05, 4.69) is 20.5 Å². The maximum atomic E-state index is 5.93. The molecule has 0 aliphatic rings. The van der Waals surface area contributed by atoms with Crippen LogP contribution in [0.1, 0.15) is 12.8 Å². The number of thioether (sulfide) groups is 1. The van der Waals surface area contributed by atoms with Crippen LogP contribution in [0.15, 0.2) is 64.3 Å². The summed E-state index contributed by atoms with van der Waals surface area (Å²) >= 11 is 7.36. The molecule has 0 aliphatic carbocycles. The second kappa shape index (κ2) is 8.45.